The van der Waals surface area contributed by atoms with Crippen LogP contribution in [0, 0.1) is 0 Å². The maximum Gasteiger partial charge on any atom is 0.317 e. The predicted octanol–water partition coefficient (Wildman–Crippen LogP) is 3.01. The quantitative estimate of drug-likeness (QED) is 0.617. The molecule has 2 aliphatic rings. The maximum atomic E-state index is 11.8. The van der Waals surface area contributed by atoms with Crippen molar-refractivity contribution in [1.82, 2.24) is 20.1 Å². The molecule has 0 radical (unpaired) electrons. The van der Waals surface area contributed by atoms with Crippen LogP contribution in [0.15, 0.2) is 48.7 Å². The topological polar surface area (TPSA) is 69.8 Å². The van der Waals surface area contributed by atoms with E-state index in [9.17, 15) is 4.79 Å². The van der Waals surface area contributed by atoms with Gasteiger partial charge in [-0.15, -0.1) is 0 Å². The number of nitrogens with one attached hydrogen (secondary N) is 2. The number of H-pyrrole nitrogens is 1. The van der Waals surface area contributed by atoms with E-state index in [1.807, 2.05) is 30.1 Å². The number of methoxy groups -OCH3 is 1. The second-order valence-electron chi connectivity index (χ2n) is 8.52. The Balaban J connectivity index is 1.21. The Kier molecular flexibility index (Phi) is 4.98. The molecule has 31 heavy (non-hydrogen) atoms. The molecule has 7 heteroatoms. The second kappa shape index (κ2) is 7.81. The SMILES string of the molecule is COc1ccc(OCCc2c[nH]c3ccccc23)cc1CN1CC2(CNC(=O)N2C)C1. The third kappa shape index (κ3) is 3.59. The Morgan fingerprint density at radius 3 is 2.74 bits per heavy atom. The van der Waals surface area contributed by atoms with E-state index in [0.29, 0.717) is 13.2 Å². The van der Waals surface area contributed by atoms with Gasteiger partial charge in [0.25, 0.3) is 0 Å². The molecule has 0 unspecified atom stereocenters. The fourth-order valence-corrected chi connectivity index (χ4v) is 4.74. The molecule has 0 bridgehead atoms. The number of ether oxygens (including phenoxy) is 2. The Morgan fingerprint density at radius 2 is 1.97 bits per heavy atom. The molecule has 5 rings (SSSR count). The summed E-state index contributed by atoms with van der Waals surface area (Å²) in [7, 11) is 3.57. The van der Waals surface area contributed by atoms with Gasteiger partial charge in [0.1, 0.15) is 11.5 Å². The number of carbonyl (C=O) groups is 1. The molecule has 2 N–H and O–H groups in total. The van der Waals surface area contributed by atoms with Gasteiger partial charge in [0, 0.05) is 62.3 Å². The van der Waals surface area contributed by atoms with Crippen molar-refractivity contribution in [2.24, 2.45) is 0 Å². The molecular weight excluding hydrogens is 392 g/mol. The van der Waals surface area contributed by atoms with E-state index in [1.165, 1.54) is 10.9 Å². The molecule has 1 spiro atoms. The number of carbonyl (C=O) groups excluding carboxylic acids is 1. The average Bonchev–Trinajstić information content (AvgIpc) is 3.30. The van der Waals surface area contributed by atoms with Gasteiger partial charge in [-0.25, -0.2) is 4.79 Å². The number of amides is 2. The molecule has 2 fully saturated rings. The molecule has 3 aromatic rings. The van der Waals surface area contributed by atoms with Crippen LogP contribution in [-0.4, -0.2) is 66.8 Å². The lowest BCUT2D eigenvalue weighted by Crippen LogP contribution is -2.68. The highest BCUT2D eigenvalue weighted by molar-refractivity contribution is 5.83. The minimum atomic E-state index is -0.0717. The van der Waals surface area contributed by atoms with Crippen molar-refractivity contribution in [1.29, 1.82) is 0 Å². The van der Waals surface area contributed by atoms with Crippen molar-refractivity contribution < 1.29 is 14.3 Å². The van der Waals surface area contributed by atoms with Crippen LogP contribution >= 0.6 is 0 Å². The number of fused-ring (bicyclic) bond motifs is 1. The minimum absolute atomic E-state index is 0.0165. The van der Waals surface area contributed by atoms with Crippen molar-refractivity contribution >= 4 is 16.9 Å². The molecule has 7 nitrogen and oxygen atoms in total. The number of rotatable bonds is 7. The molecule has 162 valence electrons. The van der Waals surface area contributed by atoms with Crippen LogP contribution in [-0.2, 0) is 13.0 Å². The smallest absolute Gasteiger partial charge is 0.317 e. The van der Waals surface area contributed by atoms with Crippen LogP contribution < -0.4 is 14.8 Å². The highest BCUT2D eigenvalue weighted by Crippen LogP contribution is 2.33. The van der Waals surface area contributed by atoms with E-state index in [0.717, 1.165) is 48.6 Å². The van der Waals surface area contributed by atoms with E-state index < -0.39 is 0 Å². The van der Waals surface area contributed by atoms with Gasteiger partial charge in [-0.1, -0.05) is 18.2 Å². The van der Waals surface area contributed by atoms with Crippen LogP contribution in [0.25, 0.3) is 10.9 Å². The standard InChI is InChI=1S/C24H28N4O3/c1-27-23(29)26-14-24(27)15-28(16-24)13-18-11-19(7-8-22(18)30-2)31-10-9-17-12-25-21-6-4-3-5-20(17)21/h3-8,11-12,25H,9-10,13-16H2,1-2H3,(H,26,29). The van der Waals surface area contributed by atoms with E-state index in [-0.39, 0.29) is 11.6 Å². The summed E-state index contributed by atoms with van der Waals surface area (Å²) in [5, 5.41) is 4.19. The molecule has 3 heterocycles. The van der Waals surface area contributed by atoms with Crippen LogP contribution in [0.2, 0.25) is 0 Å². The summed E-state index contributed by atoms with van der Waals surface area (Å²) in [6.07, 6.45) is 2.90. The van der Waals surface area contributed by atoms with Crippen molar-refractivity contribution in [2.45, 2.75) is 18.5 Å². The third-order valence-corrected chi connectivity index (χ3v) is 6.58. The van der Waals surface area contributed by atoms with E-state index in [4.69, 9.17) is 9.47 Å². The summed E-state index contributed by atoms with van der Waals surface area (Å²) in [5.41, 5.74) is 3.44. The second-order valence-corrected chi connectivity index (χ2v) is 8.52. The Labute approximate surface area is 181 Å². The van der Waals surface area contributed by atoms with Gasteiger partial charge in [-0.05, 0) is 29.8 Å². The fourth-order valence-electron chi connectivity index (χ4n) is 4.74. The van der Waals surface area contributed by atoms with Gasteiger partial charge >= 0.3 is 6.03 Å². The lowest BCUT2D eigenvalue weighted by atomic mass is 9.89. The molecular formula is C24H28N4O3. The highest BCUT2D eigenvalue weighted by Gasteiger charge is 2.51. The zero-order valence-electron chi connectivity index (χ0n) is 18.0. The zero-order valence-corrected chi connectivity index (χ0v) is 18.0. The number of aromatic amines is 1. The molecule has 0 aliphatic carbocycles. The van der Waals surface area contributed by atoms with E-state index in [1.54, 1.807) is 7.11 Å². The van der Waals surface area contributed by atoms with Crippen molar-refractivity contribution in [3.8, 4) is 11.5 Å². The largest absolute Gasteiger partial charge is 0.496 e. The van der Waals surface area contributed by atoms with Crippen molar-refractivity contribution in [2.75, 3.05) is 40.4 Å². The summed E-state index contributed by atoms with van der Waals surface area (Å²) >= 11 is 0. The fraction of sp³-hybridized carbons (Fsp3) is 0.375. The molecule has 2 saturated heterocycles. The number of para-hydroxylation sites is 1. The summed E-state index contributed by atoms with van der Waals surface area (Å²) in [4.78, 5) is 19.3. The zero-order chi connectivity index (χ0) is 21.4. The first-order valence-electron chi connectivity index (χ1n) is 10.7. The Bertz CT molecular complexity index is 1100. The number of urea groups is 1. The van der Waals surface area contributed by atoms with Crippen LogP contribution in [0.1, 0.15) is 11.1 Å². The molecule has 0 saturated carbocycles. The summed E-state index contributed by atoms with van der Waals surface area (Å²) in [6, 6.07) is 14.3. The monoisotopic (exact) mass is 420 g/mol. The van der Waals surface area contributed by atoms with Crippen molar-refractivity contribution in [3.05, 3.63) is 59.8 Å². The lowest BCUT2D eigenvalue weighted by molar-refractivity contribution is -0.00147. The molecule has 2 aromatic carbocycles. The van der Waals surface area contributed by atoms with E-state index >= 15 is 0 Å². The lowest BCUT2D eigenvalue weighted by Gasteiger charge is -2.50. The first-order chi connectivity index (χ1) is 15.1. The van der Waals surface area contributed by atoms with Crippen LogP contribution in [0.3, 0.4) is 0 Å². The number of likely N-dealkylation sites (tertiary alicyclic amines) is 1. The number of aromatic nitrogens is 1. The normalized spacial score (nSPS) is 17.7. The maximum absolute atomic E-state index is 11.8. The van der Waals surface area contributed by atoms with Gasteiger partial charge in [-0.2, -0.15) is 0 Å². The molecule has 0 atom stereocenters. The highest BCUT2D eigenvalue weighted by atomic mass is 16.5. The summed E-state index contributed by atoms with van der Waals surface area (Å²) in [6.45, 7) is 3.81. The molecule has 1 aromatic heterocycles. The van der Waals surface area contributed by atoms with Gasteiger partial charge in [0.2, 0.25) is 0 Å². The van der Waals surface area contributed by atoms with Crippen LogP contribution in [0.5, 0.6) is 11.5 Å². The number of hydrogen-bond donors (Lipinski definition) is 2. The summed E-state index contributed by atoms with van der Waals surface area (Å²) in [5.74, 6) is 1.71. The van der Waals surface area contributed by atoms with Gasteiger partial charge in [0.15, 0.2) is 0 Å². The number of likely N-dealkylation sites (N-methyl/N-ethyl adjacent to an activating group) is 1. The van der Waals surface area contributed by atoms with Crippen molar-refractivity contribution in [3.63, 3.8) is 0 Å². The van der Waals surface area contributed by atoms with Gasteiger partial charge in [0.05, 0.1) is 19.3 Å². The average molecular weight is 421 g/mol. The molecule has 2 aliphatic heterocycles. The number of hydrogen-bond acceptors (Lipinski definition) is 4. The number of benzene rings is 2. The van der Waals surface area contributed by atoms with Gasteiger partial charge < -0.3 is 24.7 Å². The Morgan fingerprint density at radius 1 is 1.13 bits per heavy atom. The van der Waals surface area contributed by atoms with Gasteiger partial charge in [-0.3, -0.25) is 4.90 Å². The number of nitrogens with zero attached hydrogens (tertiary/aromatic N) is 2. The third-order valence-electron chi connectivity index (χ3n) is 6.58. The van der Waals surface area contributed by atoms with E-state index in [2.05, 4.69) is 45.7 Å². The van der Waals surface area contributed by atoms with Crippen LogP contribution in [0.4, 0.5) is 4.79 Å². The first kappa shape index (κ1) is 19.8. The predicted molar refractivity (Wildman–Crippen MR) is 120 cm³/mol. The minimum Gasteiger partial charge on any atom is -0.496 e. The Hall–Kier alpha value is -3.19. The molecule has 2 amide bonds. The first-order valence-corrected chi connectivity index (χ1v) is 10.7. The summed E-state index contributed by atoms with van der Waals surface area (Å²) < 4.78 is 11.6.